The van der Waals surface area contributed by atoms with Crippen LogP contribution in [-0.4, -0.2) is 29.9 Å². The Bertz CT molecular complexity index is 442. The molecule has 1 rings (SSSR count). The molecule has 5 heteroatoms. The Morgan fingerprint density at radius 1 is 1.45 bits per heavy atom. The first kappa shape index (κ1) is 18.5. The van der Waals surface area contributed by atoms with Crippen molar-refractivity contribution in [3.05, 3.63) is 11.6 Å². The van der Waals surface area contributed by atoms with E-state index in [1.54, 1.807) is 0 Å². The van der Waals surface area contributed by atoms with E-state index in [-0.39, 0.29) is 18.2 Å². The van der Waals surface area contributed by atoms with Gasteiger partial charge in [0.1, 0.15) is 5.60 Å². The summed E-state index contributed by atoms with van der Waals surface area (Å²) in [6.45, 7) is 9.65. The van der Waals surface area contributed by atoms with Gasteiger partial charge in [-0.15, -0.1) is 0 Å². The molecule has 1 unspecified atom stereocenters. The van der Waals surface area contributed by atoms with Crippen molar-refractivity contribution in [2.45, 2.75) is 84.2 Å². The highest BCUT2D eigenvalue weighted by atomic mass is 16.6. The number of carbonyl (C=O) groups is 1. The molecule has 0 aromatic carbocycles. The summed E-state index contributed by atoms with van der Waals surface area (Å²) in [6, 6.07) is 2.05. The molecule has 1 amide bonds. The van der Waals surface area contributed by atoms with Crippen LogP contribution in [0.4, 0.5) is 4.79 Å². The Morgan fingerprint density at radius 3 is 2.59 bits per heavy atom. The van der Waals surface area contributed by atoms with E-state index in [4.69, 9.17) is 9.47 Å². The van der Waals surface area contributed by atoms with Crippen LogP contribution in [0.25, 0.3) is 0 Å². The second-order valence-corrected chi connectivity index (χ2v) is 6.70. The summed E-state index contributed by atoms with van der Waals surface area (Å²) in [7, 11) is 0. The summed E-state index contributed by atoms with van der Waals surface area (Å²) >= 11 is 0. The Hall–Kier alpha value is -1.54. The summed E-state index contributed by atoms with van der Waals surface area (Å²) < 4.78 is 11.3. The molecule has 124 valence electrons. The lowest BCUT2D eigenvalue weighted by molar-refractivity contribution is -0.00338. The van der Waals surface area contributed by atoms with Crippen LogP contribution < -0.4 is 5.32 Å². The molecular weight excluding hydrogens is 280 g/mol. The first-order chi connectivity index (χ1) is 10.3. The lowest BCUT2D eigenvalue weighted by Crippen LogP contribution is -2.43. The van der Waals surface area contributed by atoms with Gasteiger partial charge in [0.15, 0.2) is 0 Å². The van der Waals surface area contributed by atoms with Crippen molar-refractivity contribution in [2.75, 3.05) is 0 Å². The van der Waals surface area contributed by atoms with E-state index in [1.165, 1.54) is 0 Å². The van der Waals surface area contributed by atoms with Crippen LogP contribution in [0.5, 0.6) is 0 Å². The normalized spacial score (nSPS) is 22.0. The van der Waals surface area contributed by atoms with Crippen molar-refractivity contribution in [1.29, 1.82) is 5.26 Å². The number of ether oxygens (including phenoxy) is 2. The molecule has 0 heterocycles. The van der Waals surface area contributed by atoms with Gasteiger partial charge in [0, 0.05) is 18.0 Å². The van der Waals surface area contributed by atoms with Crippen LogP contribution in [0.2, 0.25) is 0 Å². The van der Waals surface area contributed by atoms with E-state index < -0.39 is 11.7 Å². The van der Waals surface area contributed by atoms with Gasteiger partial charge in [-0.1, -0.05) is 13.8 Å². The SMILES string of the molecule is CCC(CC)OC1C=C(C#N)C[C@H](NC(=O)OC(C)(C)C)C1. The minimum Gasteiger partial charge on any atom is -0.444 e. The molecule has 0 fully saturated rings. The second kappa shape index (κ2) is 8.19. The van der Waals surface area contributed by atoms with E-state index in [9.17, 15) is 10.1 Å². The molecule has 0 aliphatic heterocycles. The summed E-state index contributed by atoms with van der Waals surface area (Å²) in [4.78, 5) is 11.9. The third kappa shape index (κ3) is 6.48. The van der Waals surface area contributed by atoms with Crippen molar-refractivity contribution in [1.82, 2.24) is 5.32 Å². The molecule has 1 N–H and O–H groups in total. The predicted octanol–water partition coefficient (Wildman–Crippen LogP) is 3.70. The van der Waals surface area contributed by atoms with Gasteiger partial charge in [-0.25, -0.2) is 4.79 Å². The maximum atomic E-state index is 11.9. The third-order valence-corrected chi connectivity index (χ3v) is 3.51. The maximum Gasteiger partial charge on any atom is 0.407 e. The molecule has 2 atom stereocenters. The molecule has 22 heavy (non-hydrogen) atoms. The average molecular weight is 308 g/mol. The summed E-state index contributed by atoms with van der Waals surface area (Å²) in [5.41, 5.74) is 0.126. The molecule has 0 saturated heterocycles. The third-order valence-electron chi connectivity index (χ3n) is 3.51. The van der Waals surface area contributed by atoms with Crippen molar-refractivity contribution in [2.24, 2.45) is 0 Å². The summed E-state index contributed by atoms with van der Waals surface area (Å²) in [5.74, 6) is 0. The number of nitrogens with one attached hydrogen (secondary N) is 1. The van der Waals surface area contributed by atoms with Crippen LogP contribution in [0.15, 0.2) is 11.6 Å². The Balaban J connectivity index is 2.65. The number of nitrogens with zero attached hydrogens (tertiary/aromatic N) is 1. The molecule has 1 aliphatic carbocycles. The molecule has 0 radical (unpaired) electrons. The Labute approximate surface area is 133 Å². The van der Waals surface area contributed by atoms with Crippen LogP contribution in [0.1, 0.15) is 60.3 Å². The Morgan fingerprint density at radius 2 is 2.09 bits per heavy atom. The zero-order valence-electron chi connectivity index (χ0n) is 14.3. The highest BCUT2D eigenvalue weighted by molar-refractivity contribution is 5.68. The molecular formula is C17H28N2O3. The van der Waals surface area contributed by atoms with E-state index in [0.29, 0.717) is 18.4 Å². The molecule has 1 aliphatic rings. The average Bonchev–Trinajstić information content (AvgIpc) is 2.42. The number of alkyl carbamates (subject to hydrolysis) is 1. The number of hydrogen-bond acceptors (Lipinski definition) is 4. The van der Waals surface area contributed by atoms with E-state index >= 15 is 0 Å². The lowest BCUT2D eigenvalue weighted by atomic mass is 9.93. The fourth-order valence-electron chi connectivity index (χ4n) is 2.48. The lowest BCUT2D eigenvalue weighted by Gasteiger charge is -2.30. The first-order valence-electron chi connectivity index (χ1n) is 8.03. The molecule has 0 aromatic heterocycles. The van der Waals surface area contributed by atoms with Crippen LogP contribution in [0, 0.1) is 11.3 Å². The van der Waals surface area contributed by atoms with Gasteiger partial charge in [-0.3, -0.25) is 0 Å². The highest BCUT2D eigenvalue weighted by Gasteiger charge is 2.27. The molecule has 5 nitrogen and oxygen atoms in total. The van der Waals surface area contributed by atoms with Gasteiger partial charge in [-0.2, -0.15) is 5.26 Å². The standard InChI is InChI=1S/C17H28N2O3/c1-6-14(7-2)21-15-9-12(11-18)8-13(10-15)19-16(20)22-17(3,4)5/h9,13-15H,6-8,10H2,1-5H3,(H,19,20)/t13-,15?/m0/s1. The topological polar surface area (TPSA) is 71.3 Å². The van der Waals surface area contributed by atoms with E-state index in [0.717, 1.165) is 12.8 Å². The summed E-state index contributed by atoms with van der Waals surface area (Å²) in [6.07, 6.45) is 4.55. The van der Waals surface area contributed by atoms with E-state index in [1.807, 2.05) is 26.8 Å². The van der Waals surface area contributed by atoms with Gasteiger partial charge in [0.05, 0.1) is 18.3 Å². The zero-order chi connectivity index (χ0) is 16.8. The highest BCUT2D eigenvalue weighted by Crippen LogP contribution is 2.23. The van der Waals surface area contributed by atoms with Crippen LogP contribution >= 0.6 is 0 Å². The fourth-order valence-corrected chi connectivity index (χ4v) is 2.48. The van der Waals surface area contributed by atoms with Crippen molar-refractivity contribution < 1.29 is 14.3 Å². The first-order valence-corrected chi connectivity index (χ1v) is 8.03. The van der Waals surface area contributed by atoms with Crippen LogP contribution in [0.3, 0.4) is 0 Å². The largest absolute Gasteiger partial charge is 0.444 e. The van der Waals surface area contributed by atoms with Crippen molar-refractivity contribution in [3.63, 3.8) is 0 Å². The monoisotopic (exact) mass is 308 g/mol. The smallest absolute Gasteiger partial charge is 0.407 e. The molecule has 0 bridgehead atoms. The fraction of sp³-hybridized carbons (Fsp3) is 0.765. The van der Waals surface area contributed by atoms with Gasteiger partial charge < -0.3 is 14.8 Å². The molecule has 0 aromatic rings. The van der Waals surface area contributed by atoms with Gasteiger partial charge >= 0.3 is 6.09 Å². The van der Waals surface area contributed by atoms with Crippen molar-refractivity contribution >= 4 is 6.09 Å². The Kier molecular flexibility index (Phi) is 6.89. The van der Waals surface area contributed by atoms with Crippen LogP contribution in [-0.2, 0) is 9.47 Å². The number of nitriles is 1. The van der Waals surface area contributed by atoms with E-state index in [2.05, 4.69) is 25.2 Å². The second-order valence-electron chi connectivity index (χ2n) is 6.70. The van der Waals surface area contributed by atoms with Gasteiger partial charge in [-0.05, 0) is 46.1 Å². The molecule has 0 saturated carbocycles. The quantitative estimate of drug-likeness (QED) is 0.840. The number of rotatable bonds is 5. The van der Waals surface area contributed by atoms with Crippen molar-refractivity contribution in [3.8, 4) is 6.07 Å². The number of hydrogen-bond donors (Lipinski definition) is 1. The maximum absolute atomic E-state index is 11.9. The number of amides is 1. The van der Waals surface area contributed by atoms with Gasteiger partial charge in [0.2, 0.25) is 0 Å². The summed E-state index contributed by atoms with van der Waals surface area (Å²) in [5, 5.41) is 12.0. The zero-order valence-corrected chi connectivity index (χ0v) is 14.3. The molecule has 0 spiro atoms. The minimum absolute atomic E-state index is 0.131. The minimum atomic E-state index is -0.530. The number of carbonyl (C=O) groups excluding carboxylic acids is 1. The van der Waals surface area contributed by atoms with Gasteiger partial charge in [0.25, 0.3) is 0 Å². The predicted molar refractivity (Wildman–Crippen MR) is 85.3 cm³/mol.